The third kappa shape index (κ3) is 4.51. The van der Waals surface area contributed by atoms with Gasteiger partial charge >= 0.3 is 0 Å². The highest BCUT2D eigenvalue weighted by atomic mass is 35.5. The summed E-state index contributed by atoms with van der Waals surface area (Å²) in [6.45, 7) is 3.02. The number of hydrogen-bond donors (Lipinski definition) is 2. The van der Waals surface area contributed by atoms with Crippen LogP contribution in [0, 0.1) is 0 Å². The number of halogens is 1. The van der Waals surface area contributed by atoms with Crippen LogP contribution in [0.3, 0.4) is 0 Å². The Morgan fingerprint density at radius 2 is 1.84 bits per heavy atom. The summed E-state index contributed by atoms with van der Waals surface area (Å²) in [6.07, 6.45) is 0.803. The predicted molar refractivity (Wildman–Crippen MR) is 142 cm³/mol. The third-order valence-corrected chi connectivity index (χ3v) is 6.53. The monoisotopic (exact) mass is 513 g/mol. The van der Waals surface area contributed by atoms with Gasteiger partial charge in [0.05, 0.1) is 18.8 Å². The number of ether oxygens (including phenoxy) is 2. The molecule has 8 nitrogen and oxygen atoms in total. The minimum absolute atomic E-state index is 0.271. The average Bonchev–Trinajstić information content (AvgIpc) is 3.17. The van der Waals surface area contributed by atoms with Gasteiger partial charge in [-0.3, -0.25) is 4.79 Å². The Balaban J connectivity index is 1.46. The van der Waals surface area contributed by atoms with Gasteiger partial charge in [-0.2, -0.15) is 4.98 Å². The van der Waals surface area contributed by atoms with Gasteiger partial charge in [0.2, 0.25) is 5.95 Å². The molecule has 0 spiro atoms. The number of carbonyl (C=O) groups is 1. The molecule has 6 rings (SSSR count). The number of allylic oxidation sites excluding steroid dienone is 1. The number of nitrogens with zero attached hydrogens (tertiary/aromatic N) is 3. The Kier molecular flexibility index (Phi) is 6.02. The second-order valence-electron chi connectivity index (χ2n) is 8.86. The van der Waals surface area contributed by atoms with Crippen LogP contribution in [0.1, 0.15) is 24.9 Å². The lowest BCUT2D eigenvalue weighted by molar-refractivity contribution is -0.113. The number of carbonyl (C=O) groups excluding carboxylic acids is 1. The van der Waals surface area contributed by atoms with Gasteiger partial charge in [-0.15, -0.1) is 5.10 Å². The Morgan fingerprint density at radius 3 is 2.65 bits per heavy atom. The molecule has 4 aromatic rings. The van der Waals surface area contributed by atoms with Crippen LogP contribution in [-0.2, 0) is 4.79 Å². The van der Waals surface area contributed by atoms with Crippen LogP contribution in [0.4, 0.5) is 11.6 Å². The van der Waals surface area contributed by atoms with Gasteiger partial charge < -0.3 is 20.1 Å². The van der Waals surface area contributed by atoms with Crippen LogP contribution >= 0.6 is 11.6 Å². The molecule has 186 valence electrons. The summed E-state index contributed by atoms with van der Waals surface area (Å²) in [5.41, 5.74) is 3.49. The summed E-state index contributed by atoms with van der Waals surface area (Å²) >= 11 is 6.15. The fourth-order valence-corrected chi connectivity index (χ4v) is 4.77. The van der Waals surface area contributed by atoms with E-state index in [-0.39, 0.29) is 5.91 Å². The highest BCUT2D eigenvalue weighted by Crippen LogP contribution is 2.40. The summed E-state index contributed by atoms with van der Waals surface area (Å²) in [6, 6.07) is 22.0. The zero-order valence-corrected chi connectivity index (χ0v) is 20.8. The number of aromatic nitrogens is 3. The van der Waals surface area contributed by atoms with E-state index < -0.39 is 6.04 Å². The molecule has 1 aromatic heterocycles. The van der Waals surface area contributed by atoms with Crippen molar-refractivity contribution in [3.63, 3.8) is 0 Å². The maximum Gasteiger partial charge on any atom is 0.255 e. The number of amides is 1. The van der Waals surface area contributed by atoms with Gasteiger partial charge in [0.1, 0.15) is 6.04 Å². The molecule has 2 N–H and O–H groups in total. The van der Waals surface area contributed by atoms with Crippen LogP contribution in [0.2, 0.25) is 5.02 Å². The second kappa shape index (κ2) is 9.63. The SMILES string of the molecule is CC1=C(C(=O)Nc2cccc(Cl)c2)C(c2ccc3c(c2)OCCCO3)n2nc(-c3ccccc3)nc2N1. The van der Waals surface area contributed by atoms with Crippen LogP contribution in [0.15, 0.2) is 84.1 Å². The molecule has 9 heteroatoms. The quantitative estimate of drug-likeness (QED) is 0.364. The lowest BCUT2D eigenvalue weighted by Gasteiger charge is -2.29. The first-order valence-electron chi connectivity index (χ1n) is 12.0. The lowest BCUT2D eigenvalue weighted by Crippen LogP contribution is -2.31. The molecule has 1 amide bonds. The molecule has 2 aliphatic heterocycles. The Morgan fingerprint density at radius 1 is 1.03 bits per heavy atom. The van der Waals surface area contributed by atoms with Gasteiger partial charge in [-0.05, 0) is 42.8 Å². The van der Waals surface area contributed by atoms with Crippen LogP contribution < -0.4 is 20.1 Å². The minimum Gasteiger partial charge on any atom is -0.490 e. The highest BCUT2D eigenvalue weighted by Gasteiger charge is 2.35. The molecule has 0 saturated heterocycles. The molecule has 3 aromatic carbocycles. The first kappa shape index (κ1) is 23.1. The van der Waals surface area contributed by atoms with E-state index in [1.165, 1.54) is 0 Å². The molecular weight excluding hydrogens is 490 g/mol. The lowest BCUT2D eigenvalue weighted by atomic mass is 9.94. The van der Waals surface area contributed by atoms with Crippen molar-refractivity contribution in [1.29, 1.82) is 0 Å². The number of hydrogen-bond acceptors (Lipinski definition) is 6. The molecular formula is C28H24ClN5O3. The second-order valence-corrected chi connectivity index (χ2v) is 9.29. The normalized spacial score (nSPS) is 16.4. The smallest absolute Gasteiger partial charge is 0.255 e. The number of fused-ring (bicyclic) bond motifs is 2. The molecule has 0 radical (unpaired) electrons. The number of benzene rings is 3. The zero-order valence-electron chi connectivity index (χ0n) is 20.1. The van der Waals surface area contributed by atoms with Crippen molar-refractivity contribution >= 4 is 29.1 Å². The topological polar surface area (TPSA) is 90.3 Å². The third-order valence-electron chi connectivity index (χ3n) is 6.30. The Bertz CT molecular complexity index is 1520. The first-order chi connectivity index (χ1) is 18.1. The fraction of sp³-hybridized carbons (Fsp3) is 0.179. The molecule has 37 heavy (non-hydrogen) atoms. The van der Waals surface area contributed by atoms with Crippen molar-refractivity contribution in [2.45, 2.75) is 19.4 Å². The Hall–Kier alpha value is -4.30. The molecule has 0 aliphatic carbocycles. The van der Waals surface area contributed by atoms with E-state index in [4.69, 9.17) is 31.2 Å². The fourth-order valence-electron chi connectivity index (χ4n) is 4.58. The van der Waals surface area contributed by atoms with Crippen LogP contribution in [0.25, 0.3) is 11.4 Å². The molecule has 3 heterocycles. The van der Waals surface area contributed by atoms with Gasteiger partial charge in [-0.25, -0.2) is 4.68 Å². The standard InChI is InChI=1S/C28H24ClN5O3/c1-17-24(27(35)31-21-10-5-9-20(29)16-21)25(19-11-12-22-23(15-19)37-14-6-13-36-22)34-28(30-17)32-26(33-34)18-7-3-2-4-8-18/h2-5,7-12,15-16,25H,6,13-14H2,1H3,(H,31,35)(H,30,32,33). The molecule has 0 saturated carbocycles. The largest absolute Gasteiger partial charge is 0.490 e. The highest BCUT2D eigenvalue weighted by molar-refractivity contribution is 6.31. The molecule has 0 fully saturated rings. The van der Waals surface area contributed by atoms with Crippen molar-refractivity contribution in [3.8, 4) is 22.9 Å². The first-order valence-corrected chi connectivity index (χ1v) is 12.4. The number of nitrogens with one attached hydrogen (secondary N) is 2. The van der Waals surface area contributed by atoms with E-state index in [9.17, 15) is 4.79 Å². The molecule has 0 bridgehead atoms. The summed E-state index contributed by atoms with van der Waals surface area (Å²) in [5, 5.41) is 11.6. The van der Waals surface area contributed by atoms with E-state index in [0.29, 0.717) is 58.5 Å². The van der Waals surface area contributed by atoms with Gasteiger partial charge in [-0.1, -0.05) is 54.1 Å². The van der Waals surface area contributed by atoms with E-state index in [0.717, 1.165) is 17.5 Å². The van der Waals surface area contributed by atoms with Crippen LogP contribution in [-0.4, -0.2) is 33.9 Å². The van der Waals surface area contributed by atoms with Gasteiger partial charge in [0, 0.05) is 28.4 Å². The predicted octanol–water partition coefficient (Wildman–Crippen LogP) is 5.69. The molecule has 1 atom stereocenters. The maximum absolute atomic E-state index is 13.7. The zero-order chi connectivity index (χ0) is 25.4. The van der Waals surface area contributed by atoms with E-state index >= 15 is 0 Å². The Labute approximate surface area is 218 Å². The summed E-state index contributed by atoms with van der Waals surface area (Å²) in [7, 11) is 0. The van der Waals surface area contributed by atoms with E-state index in [1.807, 2.05) is 55.5 Å². The molecule has 2 aliphatic rings. The van der Waals surface area contributed by atoms with Crippen molar-refractivity contribution in [2.75, 3.05) is 23.8 Å². The average molecular weight is 514 g/mol. The van der Waals surface area contributed by atoms with Crippen molar-refractivity contribution in [2.24, 2.45) is 0 Å². The van der Waals surface area contributed by atoms with Gasteiger partial charge in [0.15, 0.2) is 17.3 Å². The van der Waals surface area contributed by atoms with E-state index in [2.05, 4.69) is 10.6 Å². The maximum atomic E-state index is 13.7. The van der Waals surface area contributed by atoms with Crippen molar-refractivity contribution in [3.05, 3.63) is 94.7 Å². The summed E-state index contributed by atoms with van der Waals surface area (Å²) < 4.78 is 13.5. The van der Waals surface area contributed by atoms with Crippen LogP contribution in [0.5, 0.6) is 11.5 Å². The number of rotatable bonds is 4. The van der Waals surface area contributed by atoms with Crippen molar-refractivity contribution < 1.29 is 14.3 Å². The summed E-state index contributed by atoms with van der Waals surface area (Å²) in [4.78, 5) is 18.5. The van der Waals surface area contributed by atoms with E-state index in [1.54, 1.807) is 28.9 Å². The minimum atomic E-state index is -0.558. The van der Waals surface area contributed by atoms with Crippen molar-refractivity contribution in [1.82, 2.24) is 14.8 Å². The summed E-state index contributed by atoms with van der Waals surface area (Å²) in [5.74, 6) is 2.17. The molecule has 1 unspecified atom stereocenters. The number of anilines is 2. The van der Waals surface area contributed by atoms with Gasteiger partial charge in [0.25, 0.3) is 5.91 Å².